The van der Waals surface area contributed by atoms with Gasteiger partial charge in [-0.25, -0.2) is 0 Å². The first kappa shape index (κ1) is 16.0. The van der Waals surface area contributed by atoms with Crippen LogP contribution in [0.2, 0.25) is 0 Å². The highest BCUT2D eigenvalue weighted by atomic mass is 79.9. The first-order valence-corrected chi connectivity index (χ1v) is 7.67. The van der Waals surface area contributed by atoms with Gasteiger partial charge in [-0.2, -0.15) is 0 Å². The van der Waals surface area contributed by atoms with E-state index < -0.39 is 0 Å². The minimum atomic E-state index is 0.00742. The summed E-state index contributed by atoms with van der Waals surface area (Å²) in [6.45, 7) is 1.33. The zero-order valence-corrected chi connectivity index (χ0v) is 13.9. The molecule has 0 fully saturated rings. The monoisotopic (exact) mass is 349 g/mol. The van der Waals surface area contributed by atoms with Crippen LogP contribution in [-0.2, 0) is 11.3 Å². The average Bonchev–Trinajstić information content (AvgIpc) is 2.53. The molecule has 0 saturated carbocycles. The summed E-state index contributed by atoms with van der Waals surface area (Å²) in [6.07, 6.45) is 0.00742. The van der Waals surface area contributed by atoms with Crippen molar-refractivity contribution in [2.45, 2.75) is 12.7 Å². The van der Waals surface area contributed by atoms with Crippen molar-refractivity contribution in [3.8, 4) is 5.75 Å². The van der Waals surface area contributed by atoms with E-state index in [1.54, 1.807) is 7.11 Å². The van der Waals surface area contributed by atoms with Crippen molar-refractivity contribution in [3.63, 3.8) is 0 Å². The second-order valence-electron chi connectivity index (χ2n) is 4.72. The Morgan fingerprint density at radius 2 is 1.81 bits per heavy atom. The predicted molar refractivity (Wildman–Crippen MR) is 88.6 cm³/mol. The fraction of sp³-hybridized carbons (Fsp3) is 0.294. The fourth-order valence-electron chi connectivity index (χ4n) is 2.08. The first-order valence-electron chi connectivity index (χ1n) is 6.88. The Balaban J connectivity index is 2.06. The maximum absolute atomic E-state index is 6.08. The molecule has 0 aliphatic heterocycles. The van der Waals surface area contributed by atoms with E-state index in [4.69, 9.17) is 9.47 Å². The molecule has 0 spiro atoms. The summed E-state index contributed by atoms with van der Waals surface area (Å²) in [7, 11) is 3.60. The van der Waals surface area contributed by atoms with Crippen LogP contribution in [0.3, 0.4) is 0 Å². The standard InChI is InChI=1S/C17H20BrNO2/c1-19-11-17(13-7-9-15(20-2)10-8-13)21-12-14-5-3-4-6-16(14)18/h3-10,17,19H,11-12H2,1-2H3. The molecule has 4 heteroatoms. The van der Waals surface area contributed by atoms with Crippen molar-refractivity contribution < 1.29 is 9.47 Å². The molecule has 1 atom stereocenters. The third-order valence-electron chi connectivity index (χ3n) is 3.27. The maximum Gasteiger partial charge on any atom is 0.118 e. The summed E-state index contributed by atoms with van der Waals surface area (Å²) in [6, 6.07) is 16.1. The van der Waals surface area contributed by atoms with E-state index >= 15 is 0 Å². The number of hydrogen-bond acceptors (Lipinski definition) is 3. The molecular formula is C17H20BrNO2. The molecule has 2 aromatic rings. The lowest BCUT2D eigenvalue weighted by atomic mass is 10.1. The molecule has 0 bridgehead atoms. The third kappa shape index (κ3) is 4.56. The van der Waals surface area contributed by atoms with Crippen LogP contribution in [-0.4, -0.2) is 20.7 Å². The van der Waals surface area contributed by atoms with Crippen LogP contribution in [0.1, 0.15) is 17.2 Å². The number of methoxy groups -OCH3 is 1. The molecule has 2 aromatic carbocycles. The molecule has 2 rings (SSSR count). The maximum atomic E-state index is 6.08. The van der Waals surface area contributed by atoms with Gasteiger partial charge in [0.15, 0.2) is 0 Å². The smallest absolute Gasteiger partial charge is 0.118 e. The van der Waals surface area contributed by atoms with E-state index in [0.29, 0.717) is 6.61 Å². The molecular weight excluding hydrogens is 330 g/mol. The van der Waals surface area contributed by atoms with Crippen LogP contribution in [0.4, 0.5) is 0 Å². The number of benzene rings is 2. The number of likely N-dealkylation sites (N-methyl/N-ethyl adjacent to an activating group) is 1. The predicted octanol–water partition coefficient (Wildman–Crippen LogP) is 3.94. The number of halogens is 1. The molecule has 1 N–H and O–H groups in total. The Hall–Kier alpha value is -1.36. The Morgan fingerprint density at radius 1 is 1.10 bits per heavy atom. The quantitative estimate of drug-likeness (QED) is 0.821. The van der Waals surface area contributed by atoms with Gasteiger partial charge < -0.3 is 14.8 Å². The lowest BCUT2D eigenvalue weighted by molar-refractivity contribution is 0.0407. The Bertz CT molecular complexity index is 557. The van der Waals surface area contributed by atoms with Crippen molar-refractivity contribution in [1.82, 2.24) is 5.32 Å². The highest BCUT2D eigenvalue weighted by molar-refractivity contribution is 9.10. The summed E-state index contributed by atoms with van der Waals surface area (Å²) in [5.74, 6) is 0.854. The van der Waals surface area contributed by atoms with Gasteiger partial charge in [-0.15, -0.1) is 0 Å². The molecule has 0 saturated heterocycles. The van der Waals surface area contributed by atoms with Gasteiger partial charge in [-0.3, -0.25) is 0 Å². The molecule has 0 amide bonds. The Morgan fingerprint density at radius 3 is 2.43 bits per heavy atom. The van der Waals surface area contributed by atoms with E-state index in [-0.39, 0.29) is 6.10 Å². The second kappa shape index (κ2) is 8.17. The van der Waals surface area contributed by atoms with Gasteiger partial charge in [0.05, 0.1) is 19.8 Å². The number of nitrogens with one attached hydrogen (secondary N) is 1. The van der Waals surface area contributed by atoms with Crippen molar-refractivity contribution >= 4 is 15.9 Å². The van der Waals surface area contributed by atoms with E-state index in [2.05, 4.69) is 27.3 Å². The molecule has 0 heterocycles. The van der Waals surface area contributed by atoms with Crippen molar-refractivity contribution in [2.75, 3.05) is 20.7 Å². The molecule has 1 unspecified atom stereocenters. The molecule has 0 radical (unpaired) electrons. The molecule has 0 aromatic heterocycles. The van der Waals surface area contributed by atoms with Gasteiger partial charge in [0.25, 0.3) is 0 Å². The van der Waals surface area contributed by atoms with E-state index in [9.17, 15) is 0 Å². The Labute approximate surface area is 134 Å². The van der Waals surface area contributed by atoms with Crippen LogP contribution >= 0.6 is 15.9 Å². The first-order chi connectivity index (χ1) is 10.2. The number of rotatable bonds is 7. The van der Waals surface area contributed by atoms with E-state index in [0.717, 1.165) is 27.9 Å². The molecule has 3 nitrogen and oxygen atoms in total. The zero-order chi connectivity index (χ0) is 15.1. The third-order valence-corrected chi connectivity index (χ3v) is 4.05. The van der Waals surface area contributed by atoms with Crippen molar-refractivity contribution in [1.29, 1.82) is 0 Å². The van der Waals surface area contributed by atoms with Gasteiger partial charge in [-0.1, -0.05) is 46.3 Å². The molecule has 0 aliphatic rings. The van der Waals surface area contributed by atoms with Crippen molar-refractivity contribution in [2.24, 2.45) is 0 Å². The normalized spacial score (nSPS) is 12.1. The van der Waals surface area contributed by atoms with Crippen LogP contribution < -0.4 is 10.1 Å². The lowest BCUT2D eigenvalue weighted by Gasteiger charge is -2.19. The summed E-state index contributed by atoms with van der Waals surface area (Å²) < 4.78 is 12.3. The SMILES string of the molecule is CNCC(OCc1ccccc1Br)c1ccc(OC)cc1. The largest absolute Gasteiger partial charge is 0.497 e. The summed E-state index contributed by atoms with van der Waals surface area (Å²) in [5, 5.41) is 3.18. The van der Waals surface area contributed by atoms with Crippen LogP contribution in [0.25, 0.3) is 0 Å². The lowest BCUT2D eigenvalue weighted by Crippen LogP contribution is -2.19. The molecule has 112 valence electrons. The zero-order valence-electron chi connectivity index (χ0n) is 12.3. The fourth-order valence-corrected chi connectivity index (χ4v) is 2.48. The summed E-state index contributed by atoms with van der Waals surface area (Å²) in [4.78, 5) is 0. The minimum absolute atomic E-state index is 0.00742. The number of ether oxygens (including phenoxy) is 2. The second-order valence-corrected chi connectivity index (χ2v) is 5.58. The highest BCUT2D eigenvalue weighted by Gasteiger charge is 2.12. The minimum Gasteiger partial charge on any atom is -0.497 e. The van der Waals surface area contributed by atoms with Crippen LogP contribution in [0.5, 0.6) is 5.75 Å². The summed E-state index contributed by atoms with van der Waals surface area (Å²) in [5.41, 5.74) is 2.28. The van der Waals surface area contributed by atoms with Crippen LogP contribution in [0.15, 0.2) is 53.0 Å². The van der Waals surface area contributed by atoms with Gasteiger partial charge in [0, 0.05) is 11.0 Å². The highest BCUT2D eigenvalue weighted by Crippen LogP contribution is 2.23. The topological polar surface area (TPSA) is 30.5 Å². The van der Waals surface area contributed by atoms with Gasteiger partial charge in [0.2, 0.25) is 0 Å². The Kier molecular flexibility index (Phi) is 6.23. The average molecular weight is 350 g/mol. The van der Waals surface area contributed by atoms with E-state index in [1.807, 2.05) is 49.5 Å². The van der Waals surface area contributed by atoms with E-state index in [1.165, 1.54) is 0 Å². The molecule has 0 aliphatic carbocycles. The van der Waals surface area contributed by atoms with Gasteiger partial charge in [-0.05, 0) is 36.4 Å². The van der Waals surface area contributed by atoms with Gasteiger partial charge >= 0.3 is 0 Å². The molecule has 21 heavy (non-hydrogen) atoms. The van der Waals surface area contributed by atoms with Crippen LogP contribution in [0, 0.1) is 0 Å². The van der Waals surface area contributed by atoms with Gasteiger partial charge in [0.1, 0.15) is 5.75 Å². The summed E-state index contributed by atoms with van der Waals surface area (Å²) >= 11 is 3.55. The van der Waals surface area contributed by atoms with Crippen molar-refractivity contribution in [3.05, 3.63) is 64.1 Å². The number of hydrogen-bond donors (Lipinski definition) is 1.